The highest BCUT2D eigenvalue weighted by Gasteiger charge is 2.15. The van der Waals surface area contributed by atoms with E-state index in [2.05, 4.69) is 10.1 Å². The molecule has 2 rings (SSSR count). The summed E-state index contributed by atoms with van der Waals surface area (Å²) in [5.41, 5.74) is 0.0474. The Morgan fingerprint density at radius 1 is 1.29 bits per heavy atom. The number of amides is 1. The summed E-state index contributed by atoms with van der Waals surface area (Å²) < 4.78 is 28.4. The molecule has 0 aliphatic heterocycles. The Bertz CT molecular complexity index is 672. The van der Waals surface area contributed by atoms with Crippen LogP contribution in [0, 0.1) is 0 Å². The summed E-state index contributed by atoms with van der Waals surface area (Å²) in [7, 11) is 0. The van der Waals surface area contributed by atoms with Crippen molar-refractivity contribution in [2.45, 2.75) is 6.61 Å². The molecule has 0 radical (unpaired) electrons. The second-order valence-corrected chi connectivity index (χ2v) is 4.75. The van der Waals surface area contributed by atoms with E-state index in [-0.39, 0.29) is 21.9 Å². The lowest BCUT2D eigenvalue weighted by molar-refractivity contribution is -0.0498. The molecular formula is C13H9F2NO4S. The van der Waals surface area contributed by atoms with Crippen LogP contribution in [0.1, 0.15) is 20.7 Å². The Balaban J connectivity index is 2.17. The summed E-state index contributed by atoms with van der Waals surface area (Å²) in [4.78, 5) is 22.9. The fraction of sp³-hybridized carbons (Fsp3) is 0.0769. The highest BCUT2D eigenvalue weighted by atomic mass is 32.1. The van der Waals surface area contributed by atoms with Crippen molar-refractivity contribution >= 4 is 28.2 Å². The van der Waals surface area contributed by atoms with Gasteiger partial charge < -0.3 is 15.2 Å². The molecular weight excluding hydrogens is 304 g/mol. The van der Waals surface area contributed by atoms with Crippen LogP contribution in [-0.4, -0.2) is 23.6 Å². The van der Waals surface area contributed by atoms with Crippen LogP contribution in [0.4, 0.5) is 13.8 Å². The number of carbonyl (C=O) groups excluding carboxylic acids is 1. The van der Waals surface area contributed by atoms with Crippen molar-refractivity contribution in [2.24, 2.45) is 0 Å². The first-order chi connectivity index (χ1) is 9.97. The Morgan fingerprint density at radius 2 is 2.05 bits per heavy atom. The molecule has 2 N–H and O–H groups in total. The third-order valence-electron chi connectivity index (χ3n) is 2.44. The van der Waals surface area contributed by atoms with E-state index in [0.29, 0.717) is 0 Å². The number of benzene rings is 1. The normalized spacial score (nSPS) is 10.4. The number of hydrogen-bond donors (Lipinski definition) is 2. The van der Waals surface area contributed by atoms with Gasteiger partial charge in [-0.05, 0) is 29.6 Å². The maximum atomic E-state index is 12.1. The molecule has 0 saturated carbocycles. The zero-order valence-electron chi connectivity index (χ0n) is 10.4. The first-order valence-electron chi connectivity index (χ1n) is 5.64. The quantitative estimate of drug-likeness (QED) is 0.888. The van der Waals surface area contributed by atoms with Crippen LogP contribution in [0.15, 0.2) is 35.7 Å². The first-order valence-corrected chi connectivity index (χ1v) is 6.52. The van der Waals surface area contributed by atoms with Crippen molar-refractivity contribution in [3.05, 3.63) is 46.8 Å². The number of rotatable bonds is 5. The molecule has 21 heavy (non-hydrogen) atoms. The van der Waals surface area contributed by atoms with Crippen molar-refractivity contribution in [1.82, 2.24) is 0 Å². The molecule has 0 aliphatic carbocycles. The maximum absolute atomic E-state index is 12.1. The van der Waals surface area contributed by atoms with Crippen molar-refractivity contribution in [2.75, 3.05) is 5.32 Å². The summed E-state index contributed by atoms with van der Waals surface area (Å²) in [5, 5.41) is 13.1. The van der Waals surface area contributed by atoms with Gasteiger partial charge in [-0.15, -0.1) is 11.3 Å². The van der Waals surface area contributed by atoms with Crippen LogP contribution in [0.5, 0.6) is 5.75 Å². The number of carbonyl (C=O) groups is 2. The van der Waals surface area contributed by atoms with Crippen LogP contribution in [0.25, 0.3) is 0 Å². The second kappa shape index (κ2) is 6.31. The third kappa shape index (κ3) is 3.76. The molecule has 1 heterocycles. The van der Waals surface area contributed by atoms with Crippen LogP contribution < -0.4 is 10.1 Å². The predicted molar refractivity (Wildman–Crippen MR) is 72.3 cm³/mol. The zero-order chi connectivity index (χ0) is 15.4. The largest absolute Gasteiger partial charge is 0.478 e. The van der Waals surface area contributed by atoms with Gasteiger partial charge in [-0.1, -0.05) is 6.07 Å². The lowest BCUT2D eigenvalue weighted by Gasteiger charge is -2.07. The topological polar surface area (TPSA) is 75.6 Å². The van der Waals surface area contributed by atoms with Crippen molar-refractivity contribution in [3.8, 4) is 5.75 Å². The molecule has 0 saturated heterocycles. The average Bonchev–Trinajstić information content (AvgIpc) is 2.86. The van der Waals surface area contributed by atoms with Gasteiger partial charge >= 0.3 is 12.6 Å². The molecule has 1 aromatic heterocycles. The van der Waals surface area contributed by atoms with Crippen molar-refractivity contribution in [1.29, 1.82) is 0 Å². The molecule has 0 atom stereocenters. The minimum absolute atomic E-state index is 0.0339. The highest BCUT2D eigenvalue weighted by Crippen LogP contribution is 2.24. The van der Waals surface area contributed by atoms with Crippen LogP contribution in [-0.2, 0) is 0 Å². The highest BCUT2D eigenvalue weighted by molar-refractivity contribution is 7.14. The number of hydrogen-bond acceptors (Lipinski definition) is 4. The Labute approximate surface area is 121 Å². The van der Waals surface area contributed by atoms with E-state index in [4.69, 9.17) is 5.11 Å². The van der Waals surface area contributed by atoms with E-state index in [9.17, 15) is 18.4 Å². The summed E-state index contributed by atoms with van der Waals surface area (Å²) in [6, 6.07) is 6.59. The SMILES string of the molecule is O=C(Nc1sccc1C(=O)O)c1cccc(OC(F)F)c1. The van der Waals surface area contributed by atoms with E-state index >= 15 is 0 Å². The number of anilines is 1. The number of carboxylic acid groups (broad SMARTS) is 1. The van der Waals surface area contributed by atoms with Gasteiger partial charge in [0, 0.05) is 5.56 Å². The number of thiophene rings is 1. The molecule has 0 fully saturated rings. The minimum Gasteiger partial charge on any atom is -0.478 e. The molecule has 0 bridgehead atoms. The predicted octanol–water partition coefficient (Wildman–Crippen LogP) is 3.30. The molecule has 0 spiro atoms. The van der Waals surface area contributed by atoms with E-state index in [1.54, 1.807) is 0 Å². The van der Waals surface area contributed by atoms with Gasteiger partial charge in [-0.25, -0.2) is 4.79 Å². The number of nitrogens with one attached hydrogen (secondary N) is 1. The first kappa shape index (κ1) is 14.9. The third-order valence-corrected chi connectivity index (χ3v) is 3.27. The van der Waals surface area contributed by atoms with Gasteiger partial charge in [0.15, 0.2) is 0 Å². The number of aromatic carboxylic acids is 1. The number of ether oxygens (including phenoxy) is 1. The van der Waals surface area contributed by atoms with Gasteiger partial charge in [0.25, 0.3) is 5.91 Å². The Hall–Kier alpha value is -2.48. The van der Waals surface area contributed by atoms with E-state index in [1.807, 2.05) is 0 Å². The number of halogens is 2. The summed E-state index contributed by atoms with van der Waals surface area (Å²) >= 11 is 1.05. The van der Waals surface area contributed by atoms with Crippen LogP contribution in [0.2, 0.25) is 0 Å². The smallest absolute Gasteiger partial charge is 0.387 e. The van der Waals surface area contributed by atoms with E-state index in [1.165, 1.54) is 29.6 Å². The average molecular weight is 313 g/mol. The van der Waals surface area contributed by atoms with Crippen molar-refractivity contribution < 1.29 is 28.2 Å². The maximum Gasteiger partial charge on any atom is 0.387 e. The molecule has 1 amide bonds. The van der Waals surface area contributed by atoms with Gasteiger partial charge in [0.05, 0.1) is 5.56 Å². The second-order valence-electron chi connectivity index (χ2n) is 3.83. The molecule has 110 valence electrons. The fourth-order valence-corrected chi connectivity index (χ4v) is 2.34. The minimum atomic E-state index is -2.99. The van der Waals surface area contributed by atoms with E-state index in [0.717, 1.165) is 17.4 Å². The Morgan fingerprint density at radius 3 is 2.71 bits per heavy atom. The number of carboxylic acids is 1. The van der Waals surface area contributed by atoms with Crippen LogP contribution >= 0.6 is 11.3 Å². The zero-order valence-corrected chi connectivity index (χ0v) is 11.2. The lowest BCUT2D eigenvalue weighted by atomic mass is 10.2. The molecule has 1 aromatic carbocycles. The fourth-order valence-electron chi connectivity index (χ4n) is 1.56. The van der Waals surface area contributed by atoms with Gasteiger partial charge in [-0.3, -0.25) is 4.79 Å². The van der Waals surface area contributed by atoms with Gasteiger partial charge in [-0.2, -0.15) is 8.78 Å². The summed E-state index contributed by atoms with van der Waals surface area (Å²) in [6.07, 6.45) is 0. The van der Waals surface area contributed by atoms with Crippen LogP contribution in [0.3, 0.4) is 0 Å². The molecule has 0 aliphatic rings. The van der Waals surface area contributed by atoms with Gasteiger partial charge in [0.1, 0.15) is 10.8 Å². The molecule has 2 aromatic rings. The summed E-state index contributed by atoms with van der Waals surface area (Å²) in [6.45, 7) is -2.99. The molecule has 0 unspecified atom stereocenters. The molecule has 8 heteroatoms. The number of alkyl halides is 2. The monoisotopic (exact) mass is 313 g/mol. The standard InChI is InChI=1S/C13H9F2NO4S/c14-13(15)20-8-3-1-2-7(6-8)10(17)16-11-9(12(18)19)4-5-21-11/h1-6,13H,(H,16,17)(H,18,19). The Kier molecular flexibility index (Phi) is 4.49. The van der Waals surface area contributed by atoms with Gasteiger partial charge in [0.2, 0.25) is 0 Å². The van der Waals surface area contributed by atoms with E-state index < -0.39 is 18.5 Å². The summed E-state index contributed by atoms with van der Waals surface area (Å²) in [5.74, 6) is -1.93. The lowest BCUT2D eigenvalue weighted by Crippen LogP contribution is -2.13. The molecule has 5 nitrogen and oxygen atoms in total. The van der Waals surface area contributed by atoms with Crippen molar-refractivity contribution in [3.63, 3.8) is 0 Å².